The third-order valence-electron chi connectivity index (χ3n) is 8.20. The second kappa shape index (κ2) is 13.5. The Kier molecular flexibility index (Phi) is 9.54. The molecule has 42 heavy (non-hydrogen) atoms. The van der Waals surface area contributed by atoms with Gasteiger partial charge in [-0.1, -0.05) is 36.3 Å². The largest absolute Gasteiger partial charge is 0.493 e. The van der Waals surface area contributed by atoms with E-state index in [2.05, 4.69) is 42.2 Å². The molecule has 1 aliphatic carbocycles. The van der Waals surface area contributed by atoms with E-state index in [9.17, 15) is 13.2 Å². The molecule has 0 saturated carbocycles. The molecule has 7 heteroatoms. The highest BCUT2D eigenvalue weighted by Gasteiger charge is 2.24. The molecular weight excluding hydrogens is 548 g/mol. The van der Waals surface area contributed by atoms with E-state index in [1.807, 2.05) is 30.3 Å². The molecule has 1 aliphatic heterocycles. The second-order valence-corrected chi connectivity index (χ2v) is 13.5. The molecule has 220 valence electrons. The van der Waals surface area contributed by atoms with Gasteiger partial charge >= 0.3 is 5.97 Å². The smallest absolute Gasteiger partial charge is 0.307 e. The van der Waals surface area contributed by atoms with Gasteiger partial charge in [0.1, 0.15) is 27.9 Å². The fraction of sp³-hybridized carbons (Fsp3) is 0.400. The fourth-order valence-corrected chi connectivity index (χ4v) is 7.33. The molecule has 1 saturated heterocycles. The lowest BCUT2D eigenvalue weighted by molar-refractivity contribution is -0.140. The molecule has 0 amide bonds. The monoisotopic (exact) mass is 586 g/mol. The second-order valence-electron chi connectivity index (χ2n) is 11.2. The number of carbonyl (C=O) groups excluding carboxylic acids is 1. The Labute approximate surface area is 249 Å². The number of aryl methyl sites for hydroxylation is 2. The zero-order valence-electron chi connectivity index (χ0n) is 24.4. The highest BCUT2D eigenvalue weighted by Crippen LogP contribution is 2.36. The van der Waals surface area contributed by atoms with Crippen molar-refractivity contribution in [1.82, 2.24) is 0 Å². The Balaban J connectivity index is 1.24. The Morgan fingerprint density at radius 1 is 0.905 bits per heavy atom. The number of sulfone groups is 1. The van der Waals surface area contributed by atoms with Gasteiger partial charge < -0.3 is 14.2 Å². The molecule has 0 unspecified atom stereocenters. The summed E-state index contributed by atoms with van der Waals surface area (Å²) in [5, 5.41) is 0. The van der Waals surface area contributed by atoms with Crippen LogP contribution in [-0.2, 0) is 38.8 Å². The molecule has 2 aliphatic rings. The molecule has 3 aromatic carbocycles. The highest BCUT2D eigenvalue weighted by molar-refractivity contribution is 7.91. The summed E-state index contributed by atoms with van der Waals surface area (Å²) >= 11 is 0. The predicted octanol–water partition coefficient (Wildman–Crippen LogP) is 6.29. The van der Waals surface area contributed by atoms with Gasteiger partial charge in [-0.25, -0.2) is 8.42 Å². The van der Waals surface area contributed by atoms with Crippen molar-refractivity contribution < 1.29 is 27.4 Å². The predicted molar refractivity (Wildman–Crippen MR) is 164 cm³/mol. The summed E-state index contributed by atoms with van der Waals surface area (Å²) in [5.41, 5.74) is 7.15. The minimum atomic E-state index is -2.86. The lowest BCUT2D eigenvalue weighted by Crippen LogP contribution is -2.26. The van der Waals surface area contributed by atoms with E-state index < -0.39 is 9.84 Å². The number of hydrogen-bond acceptors (Lipinski definition) is 6. The maximum Gasteiger partial charge on any atom is 0.307 e. The first-order valence-corrected chi connectivity index (χ1v) is 16.5. The van der Waals surface area contributed by atoms with Crippen molar-refractivity contribution >= 4 is 15.8 Å². The molecule has 0 bridgehead atoms. The Hall–Kier alpha value is -3.76. The summed E-state index contributed by atoms with van der Waals surface area (Å²) in [4.78, 5) is 11.8. The quantitative estimate of drug-likeness (QED) is 0.217. The van der Waals surface area contributed by atoms with E-state index in [0.717, 1.165) is 41.9 Å². The first-order valence-electron chi connectivity index (χ1n) is 14.6. The first kappa shape index (κ1) is 29.7. The van der Waals surface area contributed by atoms with Crippen LogP contribution in [0, 0.1) is 17.8 Å². The van der Waals surface area contributed by atoms with E-state index in [4.69, 9.17) is 14.2 Å². The van der Waals surface area contributed by atoms with E-state index >= 15 is 0 Å². The maximum atomic E-state index is 11.8. The zero-order chi connectivity index (χ0) is 29.5. The number of esters is 1. The van der Waals surface area contributed by atoms with Gasteiger partial charge in [0.2, 0.25) is 0 Å². The molecule has 0 radical (unpaired) electrons. The lowest BCUT2D eigenvalue weighted by atomic mass is 9.94. The average molecular weight is 587 g/mol. The van der Waals surface area contributed by atoms with Crippen LogP contribution in [0.3, 0.4) is 0 Å². The van der Waals surface area contributed by atoms with Gasteiger partial charge in [-0.2, -0.15) is 0 Å². The van der Waals surface area contributed by atoms with Gasteiger partial charge in [0.15, 0.2) is 0 Å². The Bertz CT molecular complexity index is 1570. The SMILES string of the molecule is CC#C[C@@H](CC(=O)OC)c1ccc(OCc2ccc3c(c2)-c2ccc(OCC4CCS(=O)(=O)CC4)cc2CCC3)cc1. The van der Waals surface area contributed by atoms with Gasteiger partial charge in [-0.15, -0.1) is 5.92 Å². The third kappa shape index (κ3) is 7.54. The molecule has 0 aromatic heterocycles. The van der Waals surface area contributed by atoms with Crippen LogP contribution in [-0.4, -0.2) is 39.6 Å². The molecule has 0 spiro atoms. The molecule has 0 N–H and O–H groups in total. The molecule has 1 heterocycles. The van der Waals surface area contributed by atoms with Gasteiger partial charge in [-0.3, -0.25) is 4.79 Å². The van der Waals surface area contributed by atoms with Crippen molar-refractivity contribution in [3.05, 3.63) is 82.9 Å². The van der Waals surface area contributed by atoms with Gasteiger partial charge in [0, 0.05) is 0 Å². The summed E-state index contributed by atoms with van der Waals surface area (Å²) in [6.45, 7) is 2.77. The van der Waals surface area contributed by atoms with Gasteiger partial charge in [0.05, 0.1) is 37.6 Å². The van der Waals surface area contributed by atoms with Crippen LogP contribution in [0.1, 0.15) is 60.8 Å². The molecule has 6 nitrogen and oxygen atoms in total. The van der Waals surface area contributed by atoms with Crippen LogP contribution in [0.4, 0.5) is 0 Å². The summed E-state index contributed by atoms with van der Waals surface area (Å²) in [7, 11) is -1.47. The Morgan fingerprint density at radius 3 is 2.38 bits per heavy atom. The van der Waals surface area contributed by atoms with E-state index in [1.165, 1.54) is 29.4 Å². The first-order chi connectivity index (χ1) is 20.3. The molecule has 1 atom stereocenters. The van der Waals surface area contributed by atoms with Gasteiger partial charge in [0.25, 0.3) is 0 Å². The van der Waals surface area contributed by atoms with Gasteiger partial charge in [-0.05, 0) is 109 Å². The van der Waals surface area contributed by atoms with Crippen molar-refractivity contribution in [1.29, 1.82) is 0 Å². The zero-order valence-corrected chi connectivity index (χ0v) is 25.2. The molecule has 5 rings (SSSR count). The lowest BCUT2D eigenvalue weighted by Gasteiger charge is -2.22. The summed E-state index contributed by atoms with van der Waals surface area (Å²) in [5.74, 6) is 7.94. The number of benzene rings is 3. The average Bonchev–Trinajstić information content (AvgIpc) is 3.18. The van der Waals surface area contributed by atoms with Crippen molar-refractivity contribution in [2.45, 2.75) is 58.0 Å². The third-order valence-corrected chi connectivity index (χ3v) is 9.91. The molecule has 3 aromatic rings. The molecule has 1 fully saturated rings. The number of methoxy groups -OCH3 is 1. The van der Waals surface area contributed by atoms with Crippen LogP contribution in [0.2, 0.25) is 0 Å². The summed E-state index contributed by atoms with van der Waals surface area (Å²) in [6, 6.07) is 20.7. The van der Waals surface area contributed by atoms with Crippen LogP contribution >= 0.6 is 0 Å². The van der Waals surface area contributed by atoms with Crippen molar-refractivity contribution in [3.8, 4) is 34.5 Å². The fourth-order valence-electron chi connectivity index (χ4n) is 5.74. The van der Waals surface area contributed by atoms with E-state index in [-0.39, 0.29) is 35.7 Å². The summed E-state index contributed by atoms with van der Waals surface area (Å²) < 4.78 is 40.5. The number of hydrogen-bond donors (Lipinski definition) is 0. The number of fused-ring (bicyclic) bond motifs is 3. The van der Waals surface area contributed by atoms with Crippen LogP contribution in [0.15, 0.2) is 60.7 Å². The number of ether oxygens (including phenoxy) is 3. The standard InChI is InChI=1S/C35H38O6S/c1-3-5-29(22-35(36)39-2)27-10-12-31(13-11-27)40-24-26-8-9-28-6-4-7-30-21-32(14-15-33(30)34(28)20-26)41-23-25-16-18-42(37,38)19-17-25/h8-15,20-21,25,29H,4,6-7,16-19,22-24H2,1-2H3/t29-/m0/s1. The summed E-state index contributed by atoms with van der Waals surface area (Å²) in [6.07, 6.45) is 4.66. The minimum absolute atomic E-state index is 0.210. The van der Waals surface area contributed by atoms with Crippen molar-refractivity contribution in [2.24, 2.45) is 5.92 Å². The van der Waals surface area contributed by atoms with Crippen molar-refractivity contribution in [2.75, 3.05) is 25.2 Å². The highest BCUT2D eigenvalue weighted by atomic mass is 32.2. The van der Waals surface area contributed by atoms with Crippen LogP contribution in [0.25, 0.3) is 11.1 Å². The normalized spacial score (nSPS) is 16.5. The Morgan fingerprint density at radius 2 is 1.64 bits per heavy atom. The van der Waals surface area contributed by atoms with Crippen molar-refractivity contribution in [3.63, 3.8) is 0 Å². The van der Waals surface area contributed by atoms with Crippen LogP contribution in [0.5, 0.6) is 11.5 Å². The van der Waals surface area contributed by atoms with E-state index in [1.54, 1.807) is 6.92 Å². The number of carbonyl (C=O) groups is 1. The number of rotatable bonds is 9. The van der Waals surface area contributed by atoms with E-state index in [0.29, 0.717) is 26.1 Å². The maximum absolute atomic E-state index is 11.8. The van der Waals surface area contributed by atoms with Crippen LogP contribution < -0.4 is 9.47 Å². The minimum Gasteiger partial charge on any atom is -0.493 e. The topological polar surface area (TPSA) is 78.9 Å². The molecular formula is C35H38O6S.